The zero-order chi connectivity index (χ0) is 35.6. The van der Waals surface area contributed by atoms with Crippen LogP contribution in [0.2, 0.25) is 0 Å². The first-order valence-electron chi connectivity index (χ1n) is 14.7. The largest absolute Gasteiger partial charge is 0.471 e. The predicted octanol–water partition coefficient (Wildman–Crippen LogP) is 2.80. The van der Waals surface area contributed by atoms with Gasteiger partial charge in [0.15, 0.2) is 11.2 Å². The zero-order valence-electron chi connectivity index (χ0n) is 26.5. The van der Waals surface area contributed by atoms with Gasteiger partial charge in [0, 0.05) is 23.6 Å². The summed E-state index contributed by atoms with van der Waals surface area (Å²) in [7, 11) is 1.10. The second kappa shape index (κ2) is 16.4. The van der Waals surface area contributed by atoms with E-state index in [0.717, 1.165) is 44.0 Å². The molecule has 1 atom stereocenters. The summed E-state index contributed by atoms with van der Waals surface area (Å²) in [5.41, 5.74) is -1.96. The predicted molar refractivity (Wildman–Crippen MR) is 163 cm³/mol. The molecule has 258 valence electrons. The Morgan fingerprint density at radius 2 is 1.75 bits per heavy atom. The van der Waals surface area contributed by atoms with Crippen molar-refractivity contribution in [2.75, 3.05) is 23.9 Å². The number of amides is 3. The molecule has 2 aromatic heterocycles. The van der Waals surface area contributed by atoms with Gasteiger partial charge in [0.25, 0.3) is 11.5 Å². The van der Waals surface area contributed by atoms with Crippen LogP contribution < -0.4 is 21.1 Å². The van der Waals surface area contributed by atoms with E-state index < -0.39 is 59.9 Å². The molecule has 0 aliphatic heterocycles. The highest BCUT2D eigenvalue weighted by atomic mass is 19.4. The maximum absolute atomic E-state index is 13.6. The number of aromatic amines is 1. The molecule has 3 amide bonds. The molecule has 3 aromatic rings. The van der Waals surface area contributed by atoms with Crippen molar-refractivity contribution in [3.63, 3.8) is 0 Å². The van der Waals surface area contributed by atoms with Crippen LogP contribution in [0.15, 0.2) is 35.3 Å². The van der Waals surface area contributed by atoms with Gasteiger partial charge in [-0.15, -0.1) is 0 Å². The minimum atomic E-state index is -5.31. The highest BCUT2D eigenvalue weighted by molar-refractivity contribution is 5.99. The van der Waals surface area contributed by atoms with Crippen molar-refractivity contribution < 1.29 is 46.6 Å². The number of rotatable bonds is 14. The molecule has 48 heavy (non-hydrogen) atoms. The Kier molecular flexibility index (Phi) is 12.7. The summed E-state index contributed by atoms with van der Waals surface area (Å²) >= 11 is 0. The number of alkyl halides is 3. The van der Waals surface area contributed by atoms with E-state index in [4.69, 9.17) is 9.47 Å². The summed E-state index contributed by atoms with van der Waals surface area (Å²) in [5, 5.41) is 4.83. The minimum Gasteiger partial charge on any atom is -0.467 e. The number of unbranched alkanes of at least 4 members (excludes halogenated alkanes) is 1. The quantitative estimate of drug-likeness (QED) is 0.167. The number of hydrogen-bond acceptors (Lipinski definition) is 11. The first-order chi connectivity index (χ1) is 22.6. The number of nitrogens with one attached hydrogen (secondary N) is 3. The molecule has 2 heterocycles. The summed E-state index contributed by atoms with van der Waals surface area (Å²) in [6.07, 6.45) is -3.13. The topological polar surface area (TPSA) is 203 Å². The lowest BCUT2D eigenvalue weighted by Crippen LogP contribution is -2.42. The molecule has 0 aliphatic rings. The van der Waals surface area contributed by atoms with E-state index in [1.165, 1.54) is 0 Å². The maximum atomic E-state index is 13.6. The SMILES string of the molecule is CCCCOC(=O)CC[C@H](NC(=O)c1ccc(N(Cc2cnc3nc(NC(=O)C(C)C)[nH]c(=O)c3n2)C(=O)C(F)(F)F)cc1)C(=O)OC. The average Bonchev–Trinajstić information content (AvgIpc) is 3.04. The number of hydrogen-bond donors (Lipinski definition) is 3. The zero-order valence-corrected chi connectivity index (χ0v) is 26.5. The van der Waals surface area contributed by atoms with E-state index in [1.54, 1.807) is 13.8 Å². The van der Waals surface area contributed by atoms with Gasteiger partial charge in [0.1, 0.15) is 6.04 Å². The normalized spacial score (nSPS) is 11.9. The van der Waals surface area contributed by atoms with Crippen molar-refractivity contribution in [2.24, 2.45) is 5.92 Å². The smallest absolute Gasteiger partial charge is 0.467 e. The van der Waals surface area contributed by atoms with Gasteiger partial charge in [0.05, 0.1) is 32.2 Å². The van der Waals surface area contributed by atoms with E-state index in [9.17, 15) is 41.9 Å². The van der Waals surface area contributed by atoms with E-state index in [-0.39, 0.29) is 53.5 Å². The summed E-state index contributed by atoms with van der Waals surface area (Å²) in [5.74, 6) is -5.52. The Morgan fingerprint density at radius 1 is 1.06 bits per heavy atom. The molecule has 0 radical (unpaired) electrons. The molecular weight excluding hydrogens is 643 g/mol. The van der Waals surface area contributed by atoms with Crippen molar-refractivity contribution >= 4 is 52.5 Å². The van der Waals surface area contributed by atoms with Gasteiger partial charge >= 0.3 is 24.0 Å². The van der Waals surface area contributed by atoms with Crippen LogP contribution in [0.3, 0.4) is 0 Å². The number of anilines is 2. The lowest BCUT2D eigenvalue weighted by molar-refractivity contribution is -0.170. The van der Waals surface area contributed by atoms with Crippen LogP contribution >= 0.6 is 0 Å². The van der Waals surface area contributed by atoms with Crippen LogP contribution in [-0.4, -0.2) is 75.5 Å². The third-order valence-corrected chi connectivity index (χ3v) is 6.67. The van der Waals surface area contributed by atoms with Gasteiger partial charge in [-0.05, 0) is 37.1 Å². The summed E-state index contributed by atoms with van der Waals surface area (Å²) in [6.45, 7) is 4.60. The van der Waals surface area contributed by atoms with Crippen molar-refractivity contribution in [1.82, 2.24) is 25.3 Å². The Morgan fingerprint density at radius 3 is 2.35 bits per heavy atom. The number of H-pyrrole nitrogens is 1. The maximum Gasteiger partial charge on any atom is 0.471 e. The van der Waals surface area contributed by atoms with Crippen molar-refractivity contribution in [3.05, 3.63) is 52.1 Å². The number of halogens is 3. The van der Waals surface area contributed by atoms with Crippen molar-refractivity contribution in [1.29, 1.82) is 0 Å². The van der Waals surface area contributed by atoms with Crippen LogP contribution in [0.25, 0.3) is 11.2 Å². The molecule has 0 spiro atoms. The summed E-state index contributed by atoms with van der Waals surface area (Å²) < 4.78 is 50.6. The van der Waals surface area contributed by atoms with Crippen LogP contribution in [0, 0.1) is 5.92 Å². The third kappa shape index (κ3) is 10.0. The summed E-state index contributed by atoms with van der Waals surface area (Å²) in [6, 6.07) is 3.17. The molecule has 1 aromatic carbocycles. The molecule has 0 saturated carbocycles. The Labute approximate surface area is 271 Å². The Bertz CT molecular complexity index is 1710. The average molecular weight is 678 g/mol. The van der Waals surface area contributed by atoms with Crippen molar-refractivity contribution in [3.8, 4) is 0 Å². The second-order valence-corrected chi connectivity index (χ2v) is 10.7. The van der Waals surface area contributed by atoms with E-state index in [2.05, 4.69) is 30.6 Å². The number of methoxy groups -OCH3 is 1. The van der Waals surface area contributed by atoms with Gasteiger partial charge in [-0.3, -0.25) is 39.2 Å². The fourth-order valence-electron chi connectivity index (χ4n) is 4.04. The molecule has 0 aliphatic carbocycles. The van der Waals surface area contributed by atoms with Crippen LogP contribution in [0.4, 0.5) is 24.8 Å². The number of nitrogens with zero attached hydrogens (tertiary/aromatic N) is 4. The molecule has 3 rings (SSSR count). The van der Waals surface area contributed by atoms with Gasteiger partial charge < -0.3 is 14.8 Å². The number of benzene rings is 1. The lowest BCUT2D eigenvalue weighted by atomic mass is 10.1. The van der Waals surface area contributed by atoms with E-state index in [1.807, 2.05) is 6.92 Å². The van der Waals surface area contributed by atoms with Gasteiger partial charge in [-0.1, -0.05) is 27.2 Å². The number of esters is 2. The van der Waals surface area contributed by atoms with Crippen LogP contribution in [0.1, 0.15) is 62.5 Å². The number of fused-ring (bicyclic) bond motifs is 1. The highest BCUT2D eigenvalue weighted by Crippen LogP contribution is 2.26. The molecule has 0 saturated heterocycles. The van der Waals surface area contributed by atoms with Crippen LogP contribution in [0.5, 0.6) is 0 Å². The Balaban J connectivity index is 1.82. The van der Waals surface area contributed by atoms with Gasteiger partial charge in [-0.2, -0.15) is 18.2 Å². The molecular formula is C30H34F3N7O8. The summed E-state index contributed by atoms with van der Waals surface area (Å²) in [4.78, 5) is 88.7. The fourth-order valence-corrected chi connectivity index (χ4v) is 4.04. The first kappa shape index (κ1) is 37.0. The second-order valence-electron chi connectivity index (χ2n) is 10.7. The lowest BCUT2D eigenvalue weighted by Gasteiger charge is -2.24. The Hall–Kier alpha value is -5.42. The van der Waals surface area contributed by atoms with E-state index in [0.29, 0.717) is 11.3 Å². The third-order valence-electron chi connectivity index (χ3n) is 6.67. The van der Waals surface area contributed by atoms with E-state index >= 15 is 0 Å². The fraction of sp³-hybridized carbons (Fsp3) is 0.433. The first-order valence-corrected chi connectivity index (χ1v) is 14.7. The van der Waals surface area contributed by atoms with Gasteiger partial charge in [0.2, 0.25) is 11.9 Å². The molecule has 0 bridgehead atoms. The number of aromatic nitrogens is 4. The minimum absolute atomic E-state index is 0.0824. The number of ether oxygens (including phenoxy) is 2. The van der Waals surface area contributed by atoms with Crippen molar-refractivity contribution in [2.45, 2.75) is 65.2 Å². The number of carbonyl (C=O) groups excluding carboxylic acids is 5. The van der Waals surface area contributed by atoms with Gasteiger partial charge in [-0.25, -0.2) is 14.8 Å². The molecule has 18 heteroatoms. The standard InChI is InChI=1S/C30H34F3N7O8/c1-5-6-13-48-21(41)12-11-20(27(45)47-4)36-25(43)17-7-9-19(10-8-17)40(28(46)30(31,32)33)15-18-14-34-23-22(35-18)26(44)39-29(37-23)38-24(42)16(2)3/h7-10,14,16,20H,5-6,11-13,15H2,1-4H3,(H,36,43)(H2,34,37,38,39,42,44)/t20-/m0/s1. The van der Waals surface area contributed by atoms with Crippen LogP contribution in [-0.2, 0) is 35.2 Å². The molecule has 0 fully saturated rings. The molecule has 15 nitrogen and oxygen atoms in total. The monoisotopic (exact) mass is 677 g/mol. The highest BCUT2D eigenvalue weighted by Gasteiger charge is 2.43. The number of carbonyl (C=O) groups is 5. The molecule has 0 unspecified atom stereocenters. The molecule has 3 N–H and O–H groups in total.